The Morgan fingerprint density at radius 1 is 1.19 bits per heavy atom. The lowest BCUT2D eigenvalue weighted by Gasteiger charge is -2.21. The van der Waals surface area contributed by atoms with Gasteiger partial charge in [0.25, 0.3) is 0 Å². The van der Waals surface area contributed by atoms with E-state index in [4.69, 9.17) is 21.1 Å². The zero-order valence-electron chi connectivity index (χ0n) is 14.1. The van der Waals surface area contributed by atoms with E-state index in [-0.39, 0.29) is 16.3 Å². The van der Waals surface area contributed by atoms with E-state index in [9.17, 15) is 9.50 Å². The summed E-state index contributed by atoms with van der Waals surface area (Å²) in [5.41, 5.74) is 1.78. The predicted octanol–water partition coefficient (Wildman–Crippen LogP) is 4.36. The molecule has 3 heterocycles. The van der Waals surface area contributed by atoms with Gasteiger partial charge in [-0.25, -0.2) is 9.37 Å². The molecule has 1 aliphatic rings. The monoisotopic (exact) mass is 385 g/mol. The number of aryl methyl sites for hydroxylation is 1. The molecule has 2 N–H and O–H groups in total. The van der Waals surface area contributed by atoms with E-state index in [0.29, 0.717) is 41.4 Å². The van der Waals surface area contributed by atoms with Crippen LogP contribution in [0.4, 0.5) is 4.39 Å². The van der Waals surface area contributed by atoms with E-state index >= 15 is 0 Å². The van der Waals surface area contributed by atoms with Crippen molar-refractivity contribution in [3.05, 3.63) is 40.8 Å². The molecule has 0 atom stereocenters. The largest absolute Gasteiger partial charge is 0.506 e. The fourth-order valence-electron chi connectivity index (χ4n) is 3.45. The number of aromatic nitrogens is 3. The Balaban J connectivity index is 1.95. The van der Waals surface area contributed by atoms with Crippen molar-refractivity contribution in [1.29, 1.82) is 0 Å². The van der Waals surface area contributed by atoms with Gasteiger partial charge >= 0.3 is 0 Å². The number of fused-ring (bicyclic) bond motifs is 5. The quantitative estimate of drug-likeness (QED) is 0.509. The molecule has 0 unspecified atom stereocenters. The number of pyridine rings is 1. The van der Waals surface area contributed by atoms with E-state index < -0.39 is 5.82 Å². The Kier molecular flexibility index (Phi) is 3.42. The van der Waals surface area contributed by atoms with Crippen molar-refractivity contribution in [1.82, 2.24) is 15.2 Å². The van der Waals surface area contributed by atoms with Crippen molar-refractivity contribution in [2.45, 2.75) is 6.92 Å². The Morgan fingerprint density at radius 2 is 2.00 bits per heavy atom. The molecule has 2 aromatic heterocycles. The van der Waals surface area contributed by atoms with Crippen LogP contribution in [-0.2, 0) is 0 Å². The summed E-state index contributed by atoms with van der Waals surface area (Å²) < 4.78 is 26.2. The normalized spacial score (nSPS) is 13.4. The van der Waals surface area contributed by atoms with Gasteiger partial charge in [-0.05, 0) is 25.1 Å². The highest BCUT2D eigenvalue weighted by Crippen LogP contribution is 2.45. The number of ether oxygens (including phenoxy) is 2. The second kappa shape index (κ2) is 5.72. The molecule has 0 radical (unpaired) electrons. The first kappa shape index (κ1) is 16.1. The average Bonchev–Trinajstić information content (AvgIpc) is 3.04. The first-order valence-corrected chi connectivity index (χ1v) is 8.67. The molecular formula is C19H13ClFN3O3. The smallest absolute Gasteiger partial charge is 0.182 e. The summed E-state index contributed by atoms with van der Waals surface area (Å²) >= 11 is 6.01. The number of H-pyrrole nitrogens is 1. The van der Waals surface area contributed by atoms with Crippen molar-refractivity contribution in [2.24, 2.45) is 0 Å². The second-order valence-electron chi connectivity index (χ2n) is 6.30. The molecule has 0 saturated heterocycles. The standard InChI is InChI=1S/C19H13ClFN3O3/c1-8-15-16-9(2-3-14-18(16)27-5-4-26-14)17(22-19(15)24-23-8)10-6-11(20)13(25)7-12(10)21/h2-3,6-7,25H,4-5H2,1H3,(H,22,23,24). The van der Waals surface area contributed by atoms with Crippen LogP contribution >= 0.6 is 11.6 Å². The number of hydrogen-bond donors (Lipinski definition) is 2. The number of halogens is 2. The summed E-state index contributed by atoms with van der Waals surface area (Å²) in [7, 11) is 0. The molecule has 8 heteroatoms. The van der Waals surface area contributed by atoms with E-state index in [1.165, 1.54) is 6.07 Å². The molecule has 2 aromatic carbocycles. The molecule has 0 spiro atoms. The molecule has 0 amide bonds. The number of nitrogens with zero attached hydrogens (tertiary/aromatic N) is 2. The van der Waals surface area contributed by atoms with Crippen molar-refractivity contribution in [2.75, 3.05) is 13.2 Å². The van der Waals surface area contributed by atoms with Gasteiger partial charge in [-0.15, -0.1) is 0 Å². The van der Waals surface area contributed by atoms with Crippen LogP contribution in [0.3, 0.4) is 0 Å². The minimum absolute atomic E-state index is 0.0391. The fourth-order valence-corrected chi connectivity index (χ4v) is 3.61. The highest BCUT2D eigenvalue weighted by Gasteiger charge is 2.24. The van der Waals surface area contributed by atoms with Crippen molar-refractivity contribution >= 4 is 33.4 Å². The number of aromatic hydroxyl groups is 1. The maximum absolute atomic E-state index is 14.6. The van der Waals surface area contributed by atoms with Crippen LogP contribution in [0.25, 0.3) is 33.1 Å². The lowest BCUT2D eigenvalue weighted by molar-refractivity contribution is 0.174. The van der Waals surface area contributed by atoms with Crippen molar-refractivity contribution in [3.8, 4) is 28.5 Å². The summed E-state index contributed by atoms with van der Waals surface area (Å²) in [6.45, 7) is 2.77. The summed E-state index contributed by atoms with van der Waals surface area (Å²) in [6, 6.07) is 5.93. The van der Waals surface area contributed by atoms with Gasteiger partial charge in [0.05, 0.1) is 16.1 Å². The summed E-state index contributed by atoms with van der Waals surface area (Å²) in [4.78, 5) is 4.56. The highest BCUT2D eigenvalue weighted by atomic mass is 35.5. The van der Waals surface area contributed by atoms with E-state index in [0.717, 1.165) is 22.5 Å². The van der Waals surface area contributed by atoms with Crippen LogP contribution in [-0.4, -0.2) is 33.5 Å². The number of aromatic amines is 1. The molecule has 0 fully saturated rings. The molecule has 5 rings (SSSR count). The first-order chi connectivity index (χ1) is 13.0. The fraction of sp³-hybridized carbons (Fsp3) is 0.158. The van der Waals surface area contributed by atoms with Gasteiger partial charge < -0.3 is 14.6 Å². The summed E-state index contributed by atoms with van der Waals surface area (Å²) in [6.07, 6.45) is 0. The van der Waals surface area contributed by atoms with Gasteiger partial charge in [0.15, 0.2) is 17.1 Å². The number of benzene rings is 2. The topological polar surface area (TPSA) is 80.3 Å². The van der Waals surface area contributed by atoms with Crippen LogP contribution in [0, 0.1) is 12.7 Å². The third kappa shape index (κ3) is 2.31. The molecular weight excluding hydrogens is 373 g/mol. The number of phenolic OH excluding ortho intramolecular Hbond substituents is 1. The van der Waals surface area contributed by atoms with E-state index in [1.54, 1.807) is 6.07 Å². The number of rotatable bonds is 1. The maximum atomic E-state index is 14.6. The van der Waals surface area contributed by atoms with Gasteiger partial charge in [0.2, 0.25) is 0 Å². The summed E-state index contributed by atoms with van der Waals surface area (Å²) in [5.74, 6) is 0.249. The highest BCUT2D eigenvalue weighted by molar-refractivity contribution is 6.32. The molecule has 0 aliphatic carbocycles. The van der Waals surface area contributed by atoms with Crippen LogP contribution in [0.5, 0.6) is 17.2 Å². The van der Waals surface area contributed by atoms with E-state index in [2.05, 4.69) is 15.2 Å². The average molecular weight is 386 g/mol. The third-order valence-electron chi connectivity index (χ3n) is 4.65. The molecule has 6 nitrogen and oxygen atoms in total. The lowest BCUT2D eigenvalue weighted by atomic mass is 9.99. The van der Waals surface area contributed by atoms with Gasteiger partial charge in [0, 0.05) is 28.1 Å². The first-order valence-electron chi connectivity index (χ1n) is 8.30. The minimum atomic E-state index is -0.632. The minimum Gasteiger partial charge on any atom is -0.506 e. The Hall–Kier alpha value is -3.06. The second-order valence-corrected chi connectivity index (χ2v) is 6.71. The Morgan fingerprint density at radius 3 is 2.85 bits per heavy atom. The third-order valence-corrected chi connectivity index (χ3v) is 4.95. The number of nitrogens with one attached hydrogen (secondary N) is 1. The molecule has 1 aliphatic heterocycles. The SMILES string of the molecule is Cc1[nH]nc2nc(-c3cc(Cl)c(O)cc3F)c3ccc4c(c3c12)OCCO4. The molecule has 136 valence electrons. The molecule has 4 aromatic rings. The lowest BCUT2D eigenvalue weighted by Crippen LogP contribution is -2.15. The van der Waals surface area contributed by atoms with Crippen LogP contribution in [0.1, 0.15) is 5.69 Å². The zero-order valence-corrected chi connectivity index (χ0v) is 14.9. The van der Waals surface area contributed by atoms with Crippen molar-refractivity contribution < 1.29 is 19.0 Å². The Labute approximate surface area is 157 Å². The molecule has 27 heavy (non-hydrogen) atoms. The maximum Gasteiger partial charge on any atom is 0.182 e. The van der Waals surface area contributed by atoms with Crippen molar-refractivity contribution in [3.63, 3.8) is 0 Å². The zero-order chi connectivity index (χ0) is 18.7. The van der Waals surface area contributed by atoms with Crippen LogP contribution in [0.15, 0.2) is 24.3 Å². The van der Waals surface area contributed by atoms with Crippen LogP contribution < -0.4 is 9.47 Å². The predicted molar refractivity (Wildman–Crippen MR) is 99.2 cm³/mol. The van der Waals surface area contributed by atoms with Gasteiger partial charge in [-0.3, -0.25) is 5.10 Å². The molecule has 0 saturated carbocycles. The molecule has 0 bridgehead atoms. The van der Waals surface area contributed by atoms with Gasteiger partial charge in [-0.1, -0.05) is 11.6 Å². The summed E-state index contributed by atoms with van der Waals surface area (Å²) in [5, 5.41) is 19.1. The number of hydrogen-bond acceptors (Lipinski definition) is 5. The number of phenols is 1. The Bertz CT molecular complexity index is 1240. The van der Waals surface area contributed by atoms with Gasteiger partial charge in [-0.2, -0.15) is 5.10 Å². The van der Waals surface area contributed by atoms with E-state index in [1.807, 2.05) is 13.0 Å². The van der Waals surface area contributed by atoms with Gasteiger partial charge in [0.1, 0.15) is 24.8 Å². The van der Waals surface area contributed by atoms with Crippen LogP contribution in [0.2, 0.25) is 5.02 Å².